The highest BCUT2D eigenvalue weighted by molar-refractivity contribution is 6.30. The maximum atomic E-state index is 13.7. The number of aliphatic hydroxyl groups excluding tert-OH is 2. The largest absolute Gasteiger partial charge is 0.511 e. The number of carbonyl (C=O) groups is 2. The van der Waals surface area contributed by atoms with Gasteiger partial charge in [0.15, 0.2) is 11.6 Å². The molecule has 0 heterocycles. The Bertz CT molecular complexity index is 1050. The molecule has 2 aliphatic rings. The summed E-state index contributed by atoms with van der Waals surface area (Å²) in [7, 11) is 0. The van der Waals surface area contributed by atoms with E-state index in [2.05, 4.69) is 0 Å². The van der Waals surface area contributed by atoms with Crippen LogP contribution in [-0.2, 0) is 15.8 Å². The normalized spacial score (nSPS) is 22.4. The number of hydrogen-bond donors (Lipinski definition) is 2. The number of halogens is 4. The molecule has 0 radical (unpaired) electrons. The average molecular weight is 499 g/mol. The molecule has 8 heteroatoms. The van der Waals surface area contributed by atoms with E-state index in [-0.39, 0.29) is 40.3 Å². The monoisotopic (exact) mass is 498 g/mol. The van der Waals surface area contributed by atoms with Crippen molar-refractivity contribution in [1.29, 1.82) is 0 Å². The highest BCUT2D eigenvalue weighted by atomic mass is 35.5. The number of hydrogen-bond acceptors (Lipinski definition) is 4. The summed E-state index contributed by atoms with van der Waals surface area (Å²) in [5.41, 5.74) is -2.43. The first-order chi connectivity index (χ1) is 15.9. The van der Waals surface area contributed by atoms with Crippen LogP contribution in [0.1, 0.15) is 82.8 Å². The van der Waals surface area contributed by atoms with Crippen LogP contribution in [0.5, 0.6) is 0 Å². The lowest BCUT2D eigenvalue weighted by Gasteiger charge is -2.37. The van der Waals surface area contributed by atoms with Crippen molar-refractivity contribution in [2.24, 2.45) is 11.3 Å². The topological polar surface area (TPSA) is 74.6 Å². The van der Waals surface area contributed by atoms with Gasteiger partial charge in [0.25, 0.3) is 0 Å². The van der Waals surface area contributed by atoms with E-state index < -0.39 is 46.3 Å². The third-order valence-corrected chi connectivity index (χ3v) is 7.11. The Morgan fingerprint density at radius 1 is 1.12 bits per heavy atom. The third-order valence-electron chi connectivity index (χ3n) is 6.87. The molecule has 4 nitrogen and oxygen atoms in total. The summed E-state index contributed by atoms with van der Waals surface area (Å²) in [6.45, 7) is 5.59. The molecule has 0 bridgehead atoms. The summed E-state index contributed by atoms with van der Waals surface area (Å²) < 4.78 is 40.8. The van der Waals surface area contributed by atoms with Gasteiger partial charge < -0.3 is 10.2 Å². The molecule has 1 fully saturated rings. The number of rotatable bonds is 9. The van der Waals surface area contributed by atoms with Crippen molar-refractivity contribution in [1.82, 2.24) is 0 Å². The number of carbonyl (C=O) groups excluding carboxylic acids is 2. The van der Waals surface area contributed by atoms with Gasteiger partial charge in [-0.2, -0.15) is 13.2 Å². The number of allylic oxidation sites excluding steroid dienone is 3. The minimum absolute atomic E-state index is 0.0425. The van der Waals surface area contributed by atoms with Crippen LogP contribution in [-0.4, -0.2) is 21.8 Å². The molecule has 2 N–H and O–H groups in total. The fourth-order valence-electron chi connectivity index (χ4n) is 5.28. The van der Waals surface area contributed by atoms with Crippen molar-refractivity contribution in [2.45, 2.75) is 77.8 Å². The second kappa shape index (κ2) is 9.76. The molecule has 186 valence electrons. The molecular formula is C26H30ClF3O4. The first-order valence-electron chi connectivity index (χ1n) is 11.8. The second-order valence-corrected chi connectivity index (χ2v) is 9.69. The summed E-state index contributed by atoms with van der Waals surface area (Å²) in [6.07, 6.45) is -1.88. The maximum Gasteiger partial charge on any atom is 0.416 e. The maximum absolute atomic E-state index is 13.7. The Morgan fingerprint density at radius 2 is 1.74 bits per heavy atom. The van der Waals surface area contributed by atoms with Crippen molar-refractivity contribution in [3.05, 3.63) is 57.0 Å². The molecule has 1 aromatic carbocycles. The first kappa shape index (κ1) is 26.3. The quantitative estimate of drug-likeness (QED) is 0.343. The van der Waals surface area contributed by atoms with E-state index in [4.69, 9.17) is 11.6 Å². The molecule has 0 saturated heterocycles. The van der Waals surface area contributed by atoms with Crippen molar-refractivity contribution in [3.8, 4) is 0 Å². The molecule has 1 aromatic rings. The molecule has 0 spiro atoms. The van der Waals surface area contributed by atoms with E-state index in [9.17, 15) is 33.0 Å². The van der Waals surface area contributed by atoms with Gasteiger partial charge in [-0.05, 0) is 49.3 Å². The van der Waals surface area contributed by atoms with Crippen molar-refractivity contribution < 1.29 is 33.0 Å². The summed E-state index contributed by atoms with van der Waals surface area (Å²) in [5.74, 6) is -3.58. The number of aliphatic hydroxyl groups is 2. The lowest BCUT2D eigenvalue weighted by molar-refractivity contribution is -0.138. The summed E-state index contributed by atoms with van der Waals surface area (Å²) in [5, 5.41) is 21.9. The van der Waals surface area contributed by atoms with Crippen LogP contribution in [0.3, 0.4) is 0 Å². The molecule has 34 heavy (non-hydrogen) atoms. The number of benzene rings is 1. The minimum Gasteiger partial charge on any atom is -0.511 e. The van der Waals surface area contributed by atoms with Crippen LogP contribution in [0.15, 0.2) is 40.9 Å². The summed E-state index contributed by atoms with van der Waals surface area (Å²) >= 11 is 5.78. The van der Waals surface area contributed by atoms with Crippen molar-refractivity contribution >= 4 is 23.2 Å². The number of ketones is 2. The molecule has 2 aliphatic carbocycles. The van der Waals surface area contributed by atoms with Crippen molar-refractivity contribution in [2.75, 3.05) is 0 Å². The predicted octanol–water partition coefficient (Wildman–Crippen LogP) is 7.63. The fourth-order valence-corrected chi connectivity index (χ4v) is 5.45. The average Bonchev–Trinajstić information content (AvgIpc) is 3.56. The zero-order valence-corrected chi connectivity index (χ0v) is 20.3. The molecule has 0 amide bonds. The van der Waals surface area contributed by atoms with E-state index in [1.807, 2.05) is 20.8 Å². The summed E-state index contributed by atoms with van der Waals surface area (Å²) in [4.78, 5) is 27.2. The Morgan fingerprint density at radius 3 is 2.26 bits per heavy atom. The molecule has 0 aliphatic heterocycles. The smallest absolute Gasteiger partial charge is 0.416 e. The zero-order valence-electron chi connectivity index (χ0n) is 19.6. The minimum atomic E-state index is -4.64. The SMILES string of the molecule is CCCC1=C(O)C(CCC)(CCC)C(=O)C(C(=O)C2CC2c2ccc(Cl)cc2C(F)(F)F)=C1O. The van der Waals surface area contributed by atoms with Gasteiger partial charge in [-0.1, -0.05) is 57.7 Å². The Kier molecular flexibility index (Phi) is 7.56. The first-order valence-corrected chi connectivity index (χ1v) is 12.1. The fraction of sp³-hybridized carbons (Fsp3) is 0.538. The van der Waals surface area contributed by atoms with Gasteiger partial charge in [0.1, 0.15) is 17.1 Å². The molecule has 2 unspecified atom stereocenters. The number of Topliss-reactive ketones (excluding diaryl/α,β-unsaturated/α-hetero) is 2. The molecule has 2 atom stereocenters. The van der Waals surface area contributed by atoms with Gasteiger partial charge in [0.2, 0.25) is 0 Å². The predicted molar refractivity (Wildman–Crippen MR) is 124 cm³/mol. The van der Waals surface area contributed by atoms with Crippen molar-refractivity contribution in [3.63, 3.8) is 0 Å². The van der Waals surface area contributed by atoms with Gasteiger partial charge in [-0.3, -0.25) is 9.59 Å². The van der Waals surface area contributed by atoms with Crippen LogP contribution in [0, 0.1) is 11.3 Å². The van der Waals surface area contributed by atoms with Gasteiger partial charge >= 0.3 is 6.18 Å². The lowest BCUT2D eigenvalue weighted by atomic mass is 9.66. The second-order valence-electron chi connectivity index (χ2n) is 9.25. The number of alkyl halides is 3. The van der Waals surface area contributed by atoms with E-state index in [0.29, 0.717) is 32.1 Å². The lowest BCUT2D eigenvalue weighted by Crippen LogP contribution is -2.41. The van der Waals surface area contributed by atoms with Gasteiger partial charge in [-0.25, -0.2) is 0 Å². The van der Waals surface area contributed by atoms with E-state index >= 15 is 0 Å². The van der Waals surface area contributed by atoms with Gasteiger partial charge in [0, 0.05) is 16.5 Å². The standard InChI is InChI=1S/C26H30ClF3O4/c1-4-7-16-21(31)20(24(34)25(10-5-2,11-6-3)23(16)33)22(32)18-13-17(18)15-9-8-14(27)12-19(15)26(28,29)30/h8-9,12,17-18,31,33H,4-7,10-11,13H2,1-3H3. The molecular weight excluding hydrogens is 469 g/mol. The molecule has 3 rings (SSSR count). The Hall–Kier alpha value is -2.28. The Balaban J connectivity index is 2.05. The summed E-state index contributed by atoms with van der Waals surface area (Å²) in [6, 6.07) is 3.46. The highest BCUT2D eigenvalue weighted by Gasteiger charge is 2.55. The highest BCUT2D eigenvalue weighted by Crippen LogP contribution is 2.55. The van der Waals surface area contributed by atoms with Crippen LogP contribution < -0.4 is 0 Å². The van der Waals surface area contributed by atoms with E-state index in [1.165, 1.54) is 12.1 Å². The van der Waals surface area contributed by atoms with Crippen LogP contribution in [0.4, 0.5) is 13.2 Å². The van der Waals surface area contributed by atoms with Gasteiger partial charge in [-0.15, -0.1) is 0 Å². The van der Waals surface area contributed by atoms with Gasteiger partial charge in [0.05, 0.1) is 11.0 Å². The Labute approximate surface area is 202 Å². The molecule has 0 aromatic heterocycles. The molecule has 1 saturated carbocycles. The van der Waals surface area contributed by atoms with Crippen LogP contribution >= 0.6 is 11.6 Å². The zero-order chi connectivity index (χ0) is 25.4. The van der Waals surface area contributed by atoms with Crippen LogP contribution in [0.2, 0.25) is 5.02 Å². The third kappa shape index (κ3) is 4.51. The van der Waals surface area contributed by atoms with E-state index in [0.717, 1.165) is 6.07 Å². The van der Waals surface area contributed by atoms with Crippen LogP contribution in [0.25, 0.3) is 0 Å². The van der Waals surface area contributed by atoms with E-state index in [1.54, 1.807) is 0 Å².